The standard InChI is InChI=1S/C22H22N6O3/c1-13-11-18(28(26-13)22-23-17-8-4-7-16(17)19(29)25-22)24-20(30)21(31)27-10-9-14-5-2-3-6-15(14)12-27/h2-3,5-6,11,16H,4,7-10,12H2,1H3,(H,24,30). The second-order valence-corrected chi connectivity index (χ2v) is 8.08. The summed E-state index contributed by atoms with van der Waals surface area (Å²) in [7, 11) is 0. The highest BCUT2D eigenvalue weighted by molar-refractivity contribution is 6.39. The van der Waals surface area contributed by atoms with Crippen molar-refractivity contribution in [3.8, 4) is 0 Å². The predicted molar refractivity (Wildman–Crippen MR) is 114 cm³/mol. The number of rotatable bonds is 1. The van der Waals surface area contributed by atoms with E-state index in [4.69, 9.17) is 0 Å². The Labute approximate surface area is 178 Å². The maximum Gasteiger partial charge on any atom is 0.315 e. The van der Waals surface area contributed by atoms with Gasteiger partial charge in [-0.05, 0) is 43.7 Å². The lowest BCUT2D eigenvalue weighted by Crippen LogP contribution is -2.42. The molecule has 3 amide bonds. The van der Waals surface area contributed by atoms with Crippen LogP contribution in [0, 0.1) is 12.8 Å². The monoisotopic (exact) mass is 418 g/mol. The summed E-state index contributed by atoms with van der Waals surface area (Å²) < 4.78 is 1.32. The van der Waals surface area contributed by atoms with Crippen LogP contribution in [0.4, 0.5) is 5.82 Å². The van der Waals surface area contributed by atoms with Gasteiger partial charge >= 0.3 is 11.8 Å². The van der Waals surface area contributed by atoms with E-state index < -0.39 is 11.8 Å². The lowest BCUT2D eigenvalue weighted by molar-refractivity contribution is -0.143. The van der Waals surface area contributed by atoms with Crippen LogP contribution in [0.25, 0.3) is 0 Å². The summed E-state index contributed by atoms with van der Waals surface area (Å²) in [5, 5.41) is 6.96. The molecule has 2 aromatic rings. The Hall–Kier alpha value is -3.62. The molecule has 3 heterocycles. The molecule has 0 radical (unpaired) electrons. The Balaban J connectivity index is 1.35. The number of aliphatic imine (C=N–C) groups is 2. The van der Waals surface area contributed by atoms with Crippen LogP contribution in [-0.4, -0.2) is 50.6 Å². The van der Waals surface area contributed by atoms with Gasteiger partial charge in [0, 0.05) is 24.9 Å². The molecule has 9 heteroatoms. The second kappa shape index (κ2) is 7.57. The topological polar surface area (TPSA) is 109 Å². The van der Waals surface area contributed by atoms with Gasteiger partial charge < -0.3 is 10.2 Å². The number of nitrogens with zero attached hydrogens (tertiary/aromatic N) is 5. The van der Waals surface area contributed by atoms with Crippen molar-refractivity contribution in [3.63, 3.8) is 0 Å². The number of benzene rings is 1. The second-order valence-electron chi connectivity index (χ2n) is 8.08. The van der Waals surface area contributed by atoms with Crippen molar-refractivity contribution in [3.05, 3.63) is 47.2 Å². The molecule has 0 saturated heterocycles. The van der Waals surface area contributed by atoms with E-state index in [0.29, 0.717) is 25.2 Å². The van der Waals surface area contributed by atoms with Crippen molar-refractivity contribution in [1.29, 1.82) is 0 Å². The van der Waals surface area contributed by atoms with Crippen LogP contribution in [0.2, 0.25) is 0 Å². The molecular weight excluding hydrogens is 396 g/mol. The number of carbonyl (C=O) groups is 3. The minimum absolute atomic E-state index is 0.126. The number of fused-ring (bicyclic) bond motifs is 2. The van der Waals surface area contributed by atoms with E-state index in [-0.39, 0.29) is 23.6 Å². The molecule has 1 unspecified atom stereocenters. The molecule has 1 aliphatic carbocycles. The Morgan fingerprint density at radius 2 is 1.94 bits per heavy atom. The van der Waals surface area contributed by atoms with E-state index in [2.05, 4.69) is 20.4 Å². The number of aromatic nitrogens is 2. The smallest absolute Gasteiger partial charge is 0.315 e. The third-order valence-electron chi connectivity index (χ3n) is 5.95. The fourth-order valence-corrected chi connectivity index (χ4v) is 4.38. The summed E-state index contributed by atoms with van der Waals surface area (Å²) in [6.07, 6.45) is 3.15. The summed E-state index contributed by atoms with van der Waals surface area (Å²) in [5.74, 6) is -1.44. The molecule has 1 fully saturated rings. The molecule has 0 bridgehead atoms. The van der Waals surface area contributed by atoms with Crippen molar-refractivity contribution in [2.75, 3.05) is 11.9 Å². The molecule has 1 aromatic heterocycles. The van der Waals surface area contributed by atoms with E-state index in [1.54, 1.807) is 13.0 Å². The normalized spacial score (nSPS) is 20.0. The highest BCUT2D eigenvalue weighted by atomic mass is 16.2. The number of amides is 3. The van der Waals surface area contributed by atoms with Crippen LogP contribution in [0.15, 0.2) is 40.3 Å². The van der Waals surface area contributed by atoms with Crippen molar-refractivity contribution in [2.45, 2.75) is 39.2 Å². The summed E-state index contributed by atoms with van der Waals surface area (Å²) in [4.78, 5) is 48.0. The van der Waals surface area contributed by atoms with Crippen molar-refractivity contribution in [1.82, 2.24) is 14.7 Å². The zero-order valence-corrected chi connectivity index (χ0v) is 17.2. The van der Waals surface area contributed by atoms with Crippen LogP contribution in [0.3, 0.4) is 0 Å². The van der Waals surface area contributed by atoms with Crippen LogP contribution >= 0.6 is 0 Å². The molecule has 1 aromatic carbocycles. The zero-order valence-electron chi connectivity index (χ0n) is 17.2. The zero-order chi connectivity index (χ0) is 21.5. The Kier molecular flexibility index (Phi) is 4.72. The van der Waals surface area contributed by atoms with Crippen LogP contribution in [0.1, 0.15) is 36.1 Å². The summed E-state index contributed by atoms with van der Waals surface area (Å²) >= 11 is 0. The van der Waals surface area contributed by atoms with E-state index >= 15 is 0 Å². The average molecular weight is 418 g/mol. The van der Waals surface area contributed by atoms with Gasteiger partial charge in [0.25, 0.3) is 11.9 Å². The van der Waals surface area contributed by atoms with Gasteiger partial charge in [0.15, 0.2) is 0 Å². The lowest BCUT2D eigenvalue weighted by atomic mass is 10.00. The van der Waals surface area contributed by atoms with Gasteiger partial charge in [-0.15, -0.1) is 0 Å². The molecule has 1 N–H and O–H groups in total. The van der Waals surface area contributed by atoms with Gasteiger partial charge in [0.1, 0.15) is 5.82 Å². The Morgan fingerprint density at radius 3 is 2.77 bits per heavy atom. The van der Waals surface area contributed by atoms with Crippen molar-refractivity contribution >= 4 is 35.2 Å². The molecule has 31 heavy (non-hydrogen) atoms. The van der Waals surface area contributed by atoms with Gasteiger partial charge in [-0.3, -0.25) is 14.4 Å². The molecule has 1 saturated carbocycles. The first-order valence-corrected chi connectivity index (χ1v) is 10.4. The summed E-state index contributed by atoms with van der Waals surface area (Å²) in [6, 6.07) is 9.55. The molecule has 0 spiro atoms. The first-order chi connectivity index (χ1) is 15.0. The van der Waals surface area contributed by atoms with Gasteiger partial charge in [-0.25, -0.2) is 4.99 Å². The van der Waals surface area contributed by atoms with Crippen LogP contribution < -0.4 is 5.32 Å². The third kappa shape index (κ3) is 3.56. The molecular formula is C22H22N6O3. The van der Waals surface area contributed by atoms with E-state index in [1.165, 1.54) is 15.1 Å². The van der Waals surface area contributed by atoms with Crippen molar-refractivity contribution < 1.29 is 14.4 Å². The van der Waals surface area contributed by atoms with Gasteiger partial charge in [-0.2, -0.15) is 14.8 Å². The Morgan fingerprint density at radius 1 is 1.13 bits per heavy atom. The minimum atomic E-state index is -0.755. The highest BCUT2D eigenvalue weighted by Crippen LogP contribution is 2.27. The largest absolute Gasteiger partial charge is 0.330 e. The first-order valence-electron chi connectivity index (χ1n) is 10.4. The predicted octanol–water partition coefficient (Wildman–Crippen LogP) is 1.70. The molecule has 2 aliphatic heterocycles. The van der Waals surface area contributed by atoms with E-state index in [0.717, 1.165) is 30.5 Å². The van der Waals surface area contributed by atoms with Gasteiger partial charge in [0.05, 0.1) is 11.6 Å². The van der Waals surface area contributed by atoms with Gasteiger partial charge in [0.2, 0.25) is 0 Å². The molecule has 1 atom stereocenters. The average Bonchev–Trinajstić information content (AvgIpc) is 3.39. The van der Waals surface area contributed by atoms with E-state index in [9.17, 15) is 14.4 Å². The number of anilines is 1. The van der Waals surface area contributed by atoms with Crippen molar-refractivity contribution in [2.24, 2.45) is 15.9 Å². The number of nitrogens with one attached hydrogen (secondary N) is 1. The molecule has 158 valence electrons. The maximum atomic E-state index is 12.8. The van der Waals surface area contributed by atoms with Gasteiger partial charge in [-0.1, -0.05) is 24.3 Å². The first kappa shape index (κ1) is 19.3. The number of aryl methyl sites for hydroxylation is 1. The number of carbonyl (C=O) groups excluding carboxylic acids is 3. The van der Waals surface area contributed by atoms with Crippen LogP contribution in [-0.2, 0) is 27.3 Å². The fraction of sp³-hybridized carbons (Fsp3) is 0.364. The highest BCUT2D eigenvalue weighted by Gasteiger charge is 2.34. The Bertz CT molecular complexity index is 1160. The minimum Gasteiger partial charge on any atom is -0.330 e. The quantitative estimate of drug-likeness (QED) is 0.711. The number of hydrogen-bond donors (Lipinski definition) is 1. The molecule has 3 aliphatic rings. The fourth-order valence-electron chi connectivity index (χ4n) is 4.38. The molecule has 5 rings (SSSR count). The SMILES string of the molecule is Cc1cc(NC(=O)C(=O)N2CCc3ccccc3C2)n(C2=NC(=O)C3CCCC3=N2)n1. The molecule has 9 nitrogen and oxygen atoms in total. The summed E-state index contributed by atoms with van der Waals surface area (Å²) in [6.45, 7) is 2.64. The van der Waals surface area contributed by atoms with E-state index in [1.807, 2.05) is 24.3 Å². The number of hydrogen-bond acceptors (Lipinski definition) is 5. The lowest BCUT2D eigenvalue weighted by Gasteiger charge is -2.28. The maximum absolute atomic E-state index is 12.8. The third-order valence-corrected chi connectivity index (χ3v) is 5.95. The summed E-state index contributed by atoms with van der Waals surface area (Å²) in [5.41, 5.74) is 3.67. The van der Waals surface area contributed by atoms with Crippen LogP contribution in [0.5, 0.6) is 0 Å².